The highest BCUT2D eigenvalue weighted by Gasteiger charge is 2.42. The molecule has 3 N–H and O–H groups in total. The van der Waals surface area contributed by atoms with Crippen LogP contribution in [-0.2, 0) is 6.54 Å². The van der Waals surface area contributed by atoms with Crippen LogP contribution in [0.3, 0.4) is 0 Å². The smallest absolute Gasteiger partial charge is 0.324 e. The van der Waals surface area contributed by atoms with E-state index >= 15 is 0 Å². The summed E-state index contributed by atoms with van der Waals surface area (Å²) in [5.41, 5.74) is 0.856. The number of hydrogen-bond acceptors (Lipinski definition) is 7. The number of anilines is 2. The molecule has 2 fully saturated rings. The van der Waals surface area contributed by atoms with Gasteiger partial charge >= 0.3 is 6.03 Å². The Labute approximate surface area is 167 Å². The fourth-order valence-electron chi connectivity index (χ4n) is 4.54. The summed E-state index contributed by atoms with van der Waals surface area (Å²) in [6, 6.07) is 2.20. The number of aromatic amines is 1. The van der Waals surface area contributed by atoms with E-state index in [4.69, 9.17) is 0 Å². The Kier molecular flexibility index (Phi) is 4.29. The number of nitrogens with one attached hydrogen (secondary N) is 3. The number of hydrogen-bond donors (Lipinski definition) is 3. The summed E-state index contributed by atoms with van der Waals surface area (Å²) in [6.07, 6.45) is 3.93. The topological polar surface area (TPSA) is 130 Å². The van der Waals surface area contributed by atoms with Gasteiger partial charge in [0.15, 0.2) is 0 Å². The Morgan fingerprint density at radius 2 is 2.07 bits per heavy atom. The monoisotopic (exact) mass is 396 g/mol. The van der Waals surface area contributed by atoms with E-state index in [1.807, 2.05) is 31.0 Å². The van der Waals surface area contributed by atoms with E-state index in [1.165, 1.54) is 4.80 Å². The fourth-order valence-corrected chi connectivity index (χ4v) is 4.54. The molecule has 2 amide bonds. The number of amides is 2. The summed E-state index contributed by atoms with van der Waals surface area (Å²) in [5, 5.41) is 19.2. The first-order valence-corrected chi connectivity index (χ1v) is 10.0. The second-order valence-electron chi connectivity index (χ2n) is 7.83. The molecule has 0 radical (unpaired) electrons. The molecule has 0 spiro atoms. The lowest BCUT2D eigenvalue weighted by atomic mass is 10.0. The zero-order valence-corrected chi connectivity index (χ0v) is 16.5. The number of aryl methyl sites for hydroxylation is 2. The maximum atomic E-state index is 12.5. The van der Waals surface area contributed by atoms with Gasteiger partial charge in [-0.05, 0) is 49.8 Å². The lowest BCUT2D eigenvalue weighted by Gasteiger charge is -2.20. The molecule has 1 aliphatic carbocycles. The number of aromatic nitrogens is 7. The highest BCUT2D eigenvalue weighted by Crippen LogP contribution is 2.39. The minimum absolute atomic E-state index is 0.153. The first-order valence-electron chi connectivity index (χ1n) is 10.0. The van der Waals surface area contributed by atoms with Crippen LogP contribution in [0.2, 0.25) is 0 Å². The average molecular weight is 396 g/mol. The number of fused-ring (bicyclic) bond motifs is 2. The van der Waals surface area contributed by atoms with Crippen molar-refractivity contribution in [2.24, 2.45) is 11.8 Å². The van der Waals surface area contributed by atoms with Crippen LogP contribution in [0.25, 0.3) is 11.0 Å². The van der Waals surface area contributed by atoms with Gasteiger partial charge in [-0.1, -0.05) is 5.10 Å². The molecule has 1 unspecified atom stereocenters. The van der Waals surface area contributed by atoms with Gasteiger partial charge < -0.3 is 15.2 Å². The van der Waals surface area contributed by atoms with Crippen LogP contribution in [0, 0.1) is 18.8 Å². The van der Waals surface area contributed by atoms with Crippen molar-refractivity contribution in [3.8, 4) is 0 Å². The summed E-state index contributed by atoms with van der Waals surface area (Å²) >= 11 is 0. The van der Waals surface area contributed by atoms with Gasteiger partial charge in [-0.3, -0.25) is 5.32 Å². The average Bonchev–Trinajstić information content (AvgIpc) is 3.44. The lowest BCUT2D eigenvalue weighted by Crippen LogP contribution is -2.35. The summed E-state index contributed by atoms with van der Waals surface area (Å²) in [5.74, 6) is 2.86. The highest BCUT2D eigenvalue weighted by atomic mass is 16.2. The highest BCUT2D eigenvalue weighted by molar-refractivity contribution is 5.88. The summed E-state index contributed by atoms with van der Waals surface area (Å²) in [7, 11) is 0. The van der Waals surface area contributed by atoms with Crippen molar-refractivity contribution in [1.29, 1.82) is 0 Å². The molecule has 29 heavy (non-hydrogen) atoms. The van der Waals surface area contributed by atoms with Gasteiger partial charge in [0.2, 0.25) is 0 Å². The van der Waals surface area contributed by atoms with E-state index in [0.717, 1.165) is 48.6 Å². The van der Waals surface area contributed by atoms with E-state index in [1.54, 1.807) is 0 Å². The summed E-state index contributed by atoms with van der Waals surface area (Å²) in [4.78, 5) is 28.0. The quantitative estimate of drug-likeness (QED) is 0.611. The minimum atomic E-state index is -0.153. The summed E-state index contributed by atoms with van der Waals surface area (Å²) < 4.78 is 0. The second-order valence-corrected chi connectivity index (χ2v) is 7.83. The SMILES string of the molecule is CCn1nnc(NC(=O)N2C[C@H]3CC(Nc4nc(C)nc5[nH]ccc45)C[C@H]3C2)n1. The third kappa shape index (κ3) is 3.36. The maximum absolute atomic E-state index is 12.5. The van der Waals surface area contributed by atoms with Crippen LogP contribution in [-0.4, -0.2) is 65.2 Å². The van der Waals surface area contributed by atoms with Crippen LogP contribution in [0.4, 0.5) is 16.6 Å². The van der Waals surface area contributed by atoms with Crippen LogP contribution < -0.4 is 10.6 Å². The zero-order chi connectivity index (χ0) is 20.0. The normalized spacial score (nSPS) is 23.5. The molecule has 152 valence electrons. The Morgan fingerprint density at radius 1 is 1.28 bits per heavy atom. The van der Waals surface area contributed by atoms with Crippen LogP contribution in [0.5, 0.6) is 0 Å². The first kappa shape index (κ1) is 17.8. The van der Waals surface area contributed by atoms with Crippen molar-refractivity contribution in [1.82, 2.24) is 40.1 Å². The molecule has 11 nitrogen and oxygen atoms in total. The molecule has 5 rings (SSSR count). The van der Waals surface area contributed by atoms with Gasteiger partial charge in [-0.15, -0.1) is 5.10 Å². The maximum Gasteiger partial charge on any atom is 0.324 e. The molecule has 1 saturated carbocycles. The van der Waals surface area contributed by atoms with Crippen molar-refractivity contribution in [3.05, 3.63) is 18.1 Å². The van der Waals surface area contributed by atoms with E-state index in [0.29, 0.717) is 24.4 Å². The molecule has 0 bridgehead atoms. The molecule has 3 aromatic rings. The Morgan fingerprint density at radius 3 is 2.79 bits per heavy atom. The number of carbonyl (C=O) groups is 1. The van der Waals surface area contributed by atoms with Crippen molar-refractivity contribution in [2.45, 2.75) is 39.3 Å². The van der Waals surface area contributed by atoms with E-state index in [-0.39, 0.29) is 12.0 Å². The number of carbonyl (C=O) groups excluding carboxylic acids is 1. The van der Waals surface area contributed by atoms with Crippen LogP contribution >= 0.6 is 0 Å². The van der Waals surface area contributed by atoms with Gasteiger partial charge in [0.05, 0.1) is 11.9 Å². The zero-order valence-electron chi connectivity index (χ0n) is 16.5. The molecule has 0 aromatic carbocycles. The van der Waals surface area contributed by atoms with E-state index in [9.17, 15) is 4.79 Å². The minimum Gasteiger partial charge on any atom is -0.367 e. The molecule has 4 heterocycles. The van der Waals surface area contributed by atoms with E-state index in [2.05, 4.69) is 41.0 Å². The van der Waals surface area contributed by atoms with E-state index < -0.39 is 0 Å². The van der Waals surface area contributed by atoms with Gasteiger partial charge in [0.1, 0.15) is 17.3 Å². The Balaban J connectivity index is 1.19. The predicted molar refractivity (Wildman–Crippen MR) is 106 cm³/mol. The third-order valence-electron chi connectivity index (χ3n) is 5.86. The van der Waals surface area contributed by atoms with Gasteiger partial charge in [-0.2, -0.15) is 4.80 Å². The fraction of sp³-hybridized carbons (Fsp3) is 0.556. The number of rotatable bonds is 4. The number of nitrogens with zero attached hydrogens (tertiary/aromatic N) is 7. The number of tetrazole rings is 1. The molecule has 1 aliphatic heterocycles. The standard InChI is InChI=1S/C18H24N10O/c1-3-28-25-17(24-26-28)23-18(29)27-8-11-6-13(7-12(11)9-27)22-16-14-4-5-19-15(14)20-10(2)21-16/h4-5,11-13H,3,6-9H2,1-2H3,(H,23,25,29)(H2,19,20,21,22)/t11-,12+,13?. The largest absolute Gasteiger partial charge is 0.367 e. The molecule has 1 saturated heterocycles. The first-order chi connectivity index (χ1) is 14.1. The third-order valence-corrected chi connectivity index (χ3v) is 5.86. The van der Waals surface area contributed by atoms with Crippen molar-refractivity contribution in [3.63, 3.8) is 0 Å². The van der Waals surface area contributed by atoms with Gasteiger partial charge in [0.25, 0.3) is 5.95 Å². The number of H-pyrrole nitrogens is 1. The Bertz CT molecular complexity index is 1030. The number of likely N-dealkylation sites (tertiary alicyclic amines) is 1. The Hall–Kier alpha value is -3.24. The molecular weight excluding hydrogens is 372 g/mol. The molecule has 2 aliphatic rings. The van der Waals surface area contributed by atoms with Crippen LogP contribution in [0.1, 0.15) is 25.6 Å². The van der Waals surface area contributed by atoms with Crippen molar-refractivity contribution < 1.29 is 4.79 Å². The van der Waals surface area contributed by atoms with Crippen molar-refractivity contribution in [2.75, 3.05) is 23.7 Å². The van der Waals surface area contributed by atoms with Gasteiger partial charge in [0, 0.05) is 25.3 Å². The predicted octanol–water partition coefficient (Wildman–Crippen LogP) is 1.63. The molecule has 3 aromatic heterocycles. The second kappa shape index (κ2) is 6.98. The van der Waals surface area contributed by atoms with Crippen LogP contribution in [0.15, 0.2) is 12.3 Å². The number of urea groups is 1. The summed E-state index contributed by atoms with van der Waals surface area (Å²) in [6.45, 7) is 5.94. The molecule has 11 heteroatoms. The van der Waals surface area contributed by atoms with Crippen molar-refractivity contribution >= 4 is 28.8 Å². The molecular formula is C18H24N10O. The lowest BCUT2D eigenvalue weighted by molar-refractivity contribution is 0.218. The van der Waals surface area contributed by atoms with Gasteiger partial charge in [-0.25, -0.2) is 14.8 Å². The molecule has 3 atom stereocenters.